The van der Waals surface area contributed by atoms with Gasteiger partial charge in [-0.25, -0.2) is 0 Å². The summed E-state index contributed by atoms with van der Waals surface area (Å²) in [6.07, 6.45) is 3.22. The molecule has 1 atom stereocenters. The first kappa shape index (κ1) is 14.8. The van der Waals surface area contributed by atoms with Crippen molar-refractivity contribution in [2.45, 2.75) is 17.4 Å². The van der Waals surface area contributed by atoms with Gasteiger partial charge >= 0.3 is 0 Å². The van der Waals surface area contributed by atoms with Crippen LogP contribution in [0.15, 0.2) is 29.2 Å². The molecule has 0 radical (unpaired) electrons. The number of nitrogens with zero attached hydrogens (tertiary/aromatic N) is 1. The van der Waals surface area contributed by atoms with E-state index in [4.69, 9.17) is 18.0 Å². The van der Waals surface area contributed by atoms with Gasteiger partial charge < -0.3 is 11.1 Å². The second-order valence-corrected chi connectivity index (χ2v) is 6.07. The molecule has 1 fully saturated rings. The van der Waals surface area contributed by atoms with Crippen LogP contribution in [0.2, 0.25) is 0 Å². The summed E-state index contributed by atoms with van der Waals surface area (Å²) in [5, 5.41) is 3.41. The normalized spacial score (nSPS) is 18.8. The first-order chi connectivity index (χ1) is 9.22. The van der Waals surface area contributed by atoms with Gasteiger partial charge in [-0.2, -0.15) is 0 Å². The summed E-state index contributed by atoms with van der Waals surface area (Å²) >= 11 is 7.04. The van der Waals surface area contributed by atoms with E-state index in [-0.39, 0.29) is 6.04 Å². The molecule has 3 N–H and O–H groups in total. The van der Waals surface area contributed by atoms with Crippen molar-refractivity contribution < 1.29 is 0 Å². The quantitative estimate of drug-likeness (QED) is 0.657. The molecule has 104 valence electrons. The van der Waals surface area contributed by atoms with Crippen molar-refractivity contribution in [2.24, 2.45) is 5.73 Å². The number of thioether (sulfide) groups is 1. The molecule has 19 heavy (non-hydrogen) atoms. The first-order valence-electron chi connectivity index (χ1n) is 6.60. The molecule has 0 saturated carbocycles. The number of nitrogens with two attached hydrogens (primary N) is 1. The molecule has 0 bridgehead atoms. The van der Waals surface area contributed by atoms with Crippen LogP contribution in [-0.4, -0.2) is 42.3 Å². The van der Waals surface area contributed by atoms with E-state index in [0.29, 0.717) is 4.99 Å². The van der Waals surface area contributed by atoms with E-state index in [2.05, 4.69) is 40.7 Å². The van der Waals surface area contributed by atoms with Crippen LogP contribution in [0, 0.1) is 0 Å². The molecule has 2 rings (SSSR count). The molecule has 1 heterocycles. The van der Waals surface area contributed by atoms with Crippen molar-refractivity contribution in [2.75, 3.05) is 32.4 Å². The first-order valence-corrected chi connectivity index (χ1v) is 8.23. The third-order valence-corrected chi connectivity index (χ3v) is 4.41. The summed E-state index contributed by atoms with van der Waals surface area (Å²) in [5.41, 5.74) is 7.19. The Morgan fingerprint density at radius 1 is 1.32 bits per heavy atom. The Balaban J connectivity index is 2.20. The summed E-state index contributed by atoms with van der Waals surface area (Å²) < 4.78 is 0. The fraction of sp³-hybridized carbons (Fsp3) is 0.500. The van der Waals surface area contributed by atoms with Crippen molar-refractivity contribution in [1.82, 2.24) is 10.2 Å². The molecule has 1 unspecified atom stereocenters. The Morgan fingerprint density at radius 2 is 2.05 bits per heavy atom. The van der Waals surface area contributed by atoms with Crippen LogP contribution in [0.5, 0.6) is 0 Å². The van der Waals surface area contributed by atoms with E-state index in [0.717, 1.165) is 32.6 Å². The summed E-state index contributed by atoms with van der Waals surface area (Å²) in [5.74, 6) is 0. The molecule has 1 aliphatic heterocycles. The van der Waals surface area contributed by atoms with E-state index >= 15 is 0 Å². The van der Waals surface area contributed by atoms with Crippen LogP contribution in [0.3, 0.4) is 0 Å². The van der Waals surface area contributed by atoms with Crippen molar-refractivity contribution >= 4 is 29.0 Å². The van der Waals surface area contributed by atoms with E-state index in [9.17, 15) is 0 Å². The zero-order valence-corrected chi connectivity index (χ0v) is 12.9. The Hall–Kier alpha value is -0.620. The van der Waals surface area contributed by atoms with Crippen LogP contribution in [-0.2, 0) is 0 Å². The molecule has 0 aromatic heterocycles. The van der Waals surface area contributed by atoms with Crippen LogP contribution in [0.25, 0.3) is 0 Å². The molecule has 3 nitrogen and oxygen atoms in total. The van der Waals surface area contributed by atoms with Gasteiger partial charge in [-0.15, -0.1) is 11.8 Å². The Labute approximate surface area is 124 Å². The highest BCUT2D eigenvalue weighted by atomic mass is 32.2. The highest BCUT2D eigenvalue weighted by Crippen LogP contribution is 2.24. The van der Waals surface area contributed by atoms with Crippen molar-refractivity contribution in [3.63, 3.8) is 0 Å². The maximum atomic E-state index is 5.99. The lowest BCUT2D eigenvalue weighted by molar-refractivity contribution is 0.261. The van der Waals surface area contributed by atoms with Crippen LogP contribution in [0.1, 0.15) is 18.0 Å². The average Bonchev–Trinajstić information content (AvgIpc) is 2.68. The van der Waals surface area contributed by atoms with Crippen LogP contribution >= 0.6 is 24.0 Å². The standard InChI is InChI=1S/C14H21N3S2/c1-19-12-5-3-11(4-6-12)13(14(15)18)17-9-2-7-16-8-10-17/h3-6,13,16H,2,7-10H2,1H3,(H2,15,18). The van der Waals surface area contributed by atoms with Gasteiger partial charge in [-0.3, -0.25) is 4.90 Å². The van der Waals surface area contributed by atoms with Gasteiger partial charge in [0.15, 0.2) is 0 Å². The largest absolute Gasteiger partial charge is 0.392 e. The number of benzene rings is 1. The Kier molecular flexibility index (Phi) is 5.63. The monoisotopic (exact) mass is 295 g/mol. The summed E-state index contributed by atoms with van der Waals surface area (Å²) in [7, 11) is 0. The average molecular weight is 295 g/mol. The van der Waals surface area contributed by atoms with E-state index in [1.54, 1.807) is 11.8 Å². The molecular formula is C14H21N3S2. The van der Waals surface area contributed by atoms with Gasteiger partial charge in [-0.05, 0) is 36.9 Å². The van der Waals surface area contributed by atoms with E-state index in [1.165, 1.54) is 10.5 Å². The summed E-state index contributed by atoms with van der Waals surface area (Å²) in [4.78, 5) is 4.22. The Morgan fingerprint density at radius 3 is 2.68 bits per heavy atom. The van der Waals surface area contributed by atoms with Crippen molar-refractivity contribution in [3.05, 3.63) is 29.8 Å². The fourth-order valence-corrected chi connectivity index (χ4v) is 3.16. The topological polar surface area (TPSA) is 41.3 Å². The molecule has 1 aromatic rings. The fourth-order valence-electron chi connectivity index (χ4n) is 2.47. The molecular weight excluding hydrogens is 274 g/mol. The van der Waals surface area contributed by atoms with Gasteiger partial charge in [-0.1, -0.05) is 24.4 Å². The predicted octanol–water partition coefficient (Wildman–Crippen LogP) is 2.03. The van der Waals surface area contributed by atoms with Gasteiger partial charge in [0.2, 0.25) is 0 Å². The summed E-state index contributed by atoms with van der Waals surface area (Å²) in [6, 6.07) is 8.63. The van der Waals surface area contributed by atoms with Crippen LogP contribution < -0.4 is 11.1 Å². The SMILES string of the molecule is CSc1ccc(C(C(N)=S)N2CCCNCC2)cc1. The predicted molar refractivity (Wildman–Crippen MR) is 86.8 cm³/mol. The van der Waals surface area contributed by atoms with E-state index in [1.807, 2.05) is 0 Å². The maximum absolute atomic E-state index is 5.99. The van der Waals surface area contributed by atoms with E-state index < -0.39 is 0 Å². The second kappa shape index (κ2) is 7.24. The van der Waals surface area contributed by atoms with Crippen LogP contribution in [0.4, 0.5) is 0 Å². The number of hydrogen-bond donors (Lipinski definition) is 2. The van der Waals surface area contributed by atoms with Gasteiger partial charge in [0.05, 0.1) is 11.0 Å². The minimum absolute atomic E-state index is 0.0609. The molecule has 0 spiro atoms. The Bertz CT molecular complexity index is 411. The molecule has 1 saturated heterocycles. The van der Waals surface area contributed by atoms with Gasteiger partial charge in [0.1, 0.15) is 0 Å². The smallest absolute Gasteiger partial charge is 0.0948 e. The molecule has 0 aliphatic carbocycles. The number of hydrogen-bond acceptors (Lipinski definition) is 4. The molecule has 0 amide bonds. The zero-order chi connectivity index (χ0) is 13.7. The lowest BCUT2D eigenvalue weighted by Gasteiger charge is -2.30. The lowest BCUT2D eigenvalue weighted by Crippen LogP contribution is -2.38. The third-order valence-electron chi connectivity index (χ3n) is 3.44. The number of rotatable bonds is 4. The molecule has 1 aliphatic rings. The lowest BCUT2D eigenvalue weighted by atomic mass is 10.0. The van der Waals surface area contributed by atoms with Crippen molar-refractivity contribution in [1.29, 1.82) is 0 Å². The van der Waals surface area contributed by atoms with Gasteiger partial charge in [0.25, 0.3) is 0 Å². The molecule has 5 heteroatoms. The minimum atomic E-state index is 0.0609. The molecule has 1 aromatic carbocycles. The minimum Gasteiger partial charge on any atom is -0.392 e. The highest BCUT2D eigenvalue weighted by Gasteiger charge is 2.23. The zero-order valence-electron chi connectivity index (χ0n) is 11.3. The van der Waals surface area contributed by atoms with Gasteiger partial charge in [0, 0.05) is 24.5 Å². The summed E-state index contributed by atoms with van der Waals surface area (Å²) in [6.45, 7) is 4.11. The third kappa shape index (κ3) is 3.92. The number of thiocarbonyl (C=S) groups is 1. The number of nitrogens with one attached hydrogen (secondary N) is 1. The van der Waals surface area contributed by atoms with Crippen molar-refractivity contribution in [3.8, 4) is 0 Å². The maximum Gasteiger partial charge on any atom is 0.0948 e. The second-order valence-electron chi connectivity index (χ2n) is 4.72. The highest BCUT2D eigenvalue weighted by molar-refractivity contribution is 7.98.